The maximum atomic E-state index is 13.2. The topological polar surface area (TPSA) is 43.4 Å². The number of carbonyl (C=O) groups is 2. The molecule has 21 heavy (non-hydrogen) atoms. The van der Waals surface area contributed by atoms with Crippen LogP contribution in [0.1, 0.15) is 45.1 Å². The van der Waals surface area contributed by atoms with Crippen LogP contribution in [0, 0.1) is 5.41 Å². The SMILES string of the molecule is CC.O=C1CCC(CF)(C(=O)OCc2ccccc2)CC1. The van der Waals surface area contributed by atoms with Crippen LogP contribution in [0.3, 0.4) is 0 Å². The Morgan fingerprint density at radius 2 is 1.76 bits per heavy atom. The molecule has 116 valence electrons. The van der Waals surface area contributed by atoms with Crippen molar-refractivity contribution in [3.63, 3.8) is 0 Å². The van der Waals surface area contributed by atoms with Gasteiger partial charge in [0.15, 0.2) is 0 Å². The van der Waals surface area contributed by atoms with Crippen LogP contribution in [-0.2, 0) is 20.9 Å². The number of Topliss-reactive ketones (excluding diaryl/α,β-unsaturated/α-hetero) is 1. The molecule has 1 fully saturated rings. The number of ether oxygens (including phenoxy) is 1. The largest absolute Gasteiger partial charge is 0.460 e. The summed E-state index contributed by atoms with van der Waals surface area (Å²) in [6.45, 7) is 3.39. The molecule has 0 aliphatic heterocycles. The van der Waals surface area contributed by atoms with Gasteiger partial charge in [-0.1, -0.05) is 44.2 Å². The summed E-state index contributed by atoms with van der Waals surface area (Å²) >= 11 is 0. The number of hydrogen-bond donors (Lipinski definition) is 0. The van der Waals surface area contributed by atoms with E-state index in [0.717, 1.165) is 5.56 Å². The Labute approximate surface area is 125 Å². The van der Waals surface area contributed by atoms with Gasteiger partial charge in [-0.3, -0.25) is 9.59 Å². The van der Waals surface area contributed by atoms with E-state index < -0.39 is 18.1 Å². The summed E-state index contributed by atoms with van der Waals surface area (Å²) in [4.78, 5) is 23.3. The van der Waals surface area contributed by atoms with Gasteiger partial charge in [0.05, 0.1) is 5.41 Å². The third-order valence-electron chi connectivity index (χ3n) is 3.67. The van der Waals surface area contributed by atoms with Crippen molar-refractivity contribution in [2.24, 2.45) is 5.41 Å². The van der Waals surface area contributed by atoms with Crippen molar-refractivity contribution in [3.05, 3.63) is 35.9 Å². The van der Waals surface area contributed by atoms with Gasteiger partial charge in [-0.2, -0.15) is 0 Å². The lowest BCUT2D eigenvalue weighted by molar-refractivity contribution is -0.161. The standard InChI is InChI=1S/C15H17FO3.C2H6/c16-11-15(8-6-13(17)7-9-15)14(18)19-10-12-4-2-1-3-5-12;1-2/h1-5H,6-11H2;1-2H3. The van der Waals surface area contributed by atoms with E-state index in [1.165, 1.54) is 0 Å². The molecule has 4 heteroatoms. The number of alkyl halides is 1. The van der Waals surface area contributed by atoms with Crippen LogP contribution in [0.25, 0.3) is 0 Å². The minimum absolute atomic E-state index is 0.0972. The zero-order valence-electron chi connectivity index (χ0n) is 12.7. The Morgan fingerprint density at radius 1 is 1.19 bits per heavy atom. The molecular weight excluding hydrogens is 271 g/mol. The van der Waals surface area contributed by atoms with E-state index in [4.69, 9.17) is 4.74 Å². The second kappa shape index (κ2) is 8.55. The van der Waals surface area contributed by atoms with Gasteiger partial charge in [-0.15, -0.1) is 0 Å². The molecule has 0 radical (unpaired) electrons. The Bertz CT molecular complexity index is 446. The van der Waals surface area contributed by atoms with Crippen molar-refractivity contribution >= 4 is 11.8 Å². The van der Waals surface area contributed by atoms with Gasteiger partial charge in [0.2, 0.25) is 0 Å². The fraction of sp³-hybridized carbons (Fsp3) is 0.529. The minimum atomic E-state index is -1.11. The van der Waals surface area contributed by atoms with Gasteiger partial charge in [-0.05, 0) is 18.4 Å². The fourth-order valence-electron chi connectivity index (χ4n) is 2.28. The molecule has 0 saturated heterocycles. The van der Waals surface area contributed by atoms with Crippen molar-refractivity contribution < 1.29 is 18.7 Å². The second-order valence-corrected chi connectivity index (χ2v) is 5.01. The number of ketones is 1. The Kier molecular flexibility index (Phi) is 7.06. The summed E-state index contributed by atoms with van der Waals surface area (Å²) in [5.41, 5.74) is -0.236. The molecule has 1 aromatic carbocycles. The third-order valence-corrected chi connectivity index (χ3v) is 3.67. The molecule has 0 unspecified atom stereocenters. The van der Waals surface area contributed by atoms with Gasteiger partial charge >= 0.3 is 5.97 Å². The molecule has 1 aliphatic carbocycles. The number of esters is 1. The highest BCUT2D eigenvalue weighted by Gasteiger charge is 2.43. The maximum absolute atomic E-state index is 13.2. The monoisotopic (exact) mass is 294 g/mol. The molecule has 0 heterocycles. The van der Waals surface area contributed by atoms with Crippen LogP contribution in [0.4, 0.5) is 4.39 Å². The van der Waals surface area contributed by atoms with Crippen LogP contribution in [0.2, 0.25) is 0 Å². The van der Waals surface area contributed by atoms with E-state index in [1.807, 2.05) is 44.2 Å². The molecule has 1 saturated carbocycles. The van der Waals surface area contributed by atoms with Gasteiger partial charge in [0.1, 0.15) is 19.1 Å². The highest BCUT2D eigenvalue weighted by molar-refractivity contribution is 5.84. The first-order valence-corrected chi connectivity index (χ1v) is 7.45. The molecule has 0 spiro atoms. The van der Waals surface area contributed by atoms with Crippen LogP contribution >= 0.6 is 0 Å². The lowest BCUT2D eigenvalue weighted by Gasteiger charge is -2.31. The zero-order valence-corrected chi connectivity index (χ0v) is 12.7. The highest BCUT2D eigenvalue weighted by atomic mass is 19.1. The van der Waals surface area contributed by atoms with Crippen LogP contribution in [0.5, 0.6) is 0 Å². The van der Waals surface area contributed by atoms with Gasteiger partial charge in [0.25, 0.3) is 0 Å². The Morgan fingerprint density at radius 3 is 2.29 bits per heavy atom. The quantitative estimate of drug-likeness (QED) is 0.792. The summed E-state index contributed by atoms with van der Waals surface area (Å²) in [5.74, 6) is -0.425. The predicted octanol–water partition coefficient (Wildman–Crippen LogP) is 3.86. The number of carbonyl (C=O) groups excluding carboxylic acids is 2. The van der Waals surface area contributed by atoms with Crippen molar-refractivity contribution in [1.82, 2.24) is 0 Å². The molecule has 0 aromatic heterocycles. The summed E-state index contributed by atoms with van der Waals surface area (Å²) in [7, 11) is 0. The van der Waals surface area contributed by atoms with Gasteiger partial charge in [-0.25, -0.2) is 4.39 Å². The summed E-state index contributed by atoms with van der Waals surface area (Å²) < 4.78 is 18.4. The third kappa shape index (κ3) is 4.66. The maximum Gasteiger partial charge on any atom is 0.315 e. The van der Waals surface area contributed by atoms with Gasteiger partial charge < -0.3 is 4.74 Å². The molecule has 1 aromatic rings. The second-order valence-electron chi connectivity index (χ2n) is 5.01. The smallest absolute Gasteiger partial charge is 0.315 e. The first-order chi connectivity index (χ1) is 10.2. The number of halogens is 1. The average Bonchev–Trinajstić information content (AvgIpc) is 2.56. The van der Waals surface area contributed by atoms with E-state index in [1.54, 1.807) is 0 Å². The average molecular weight is 294 g/mol. The number of benzene rings is 1. The molecule has 3 nitrogen and oxygen atoms in total. The highest BCUT2D eigenvalue weighted by Crippen LogP contribution is 2.36. The normalized spacial score (nSPS) is 16.6. The number of rotatable bonds is 4. The lowest BCUT2D eigenvalue weighted by Crippen LogP contribution is -2.39. The van der Waals surface area contributed by atoms with Crippen molar-refractivity contribution in [2.45, 2.75) is 46.1 Å². The molecule has 1 aliphatic rings. The first-order valence-electron chi connectivity index (χ1n) is 7.45. The van der Waals surface area contributed by atoms with E-state index in [0.29, 0.717) is 0 Å². The van der Waals surface area contributed by atoms with Crippen LogP contribution in [-0.4, -0.2) is 18.4 Å². The molecule has 0 atom stereocenters. The first kappa shape index (κ1) is 17.3. The van der Waals surface area contributed by atoms with Crippen molar-refractivity contribution in [3.8, 4) is 0 Å². The van der Waals surface area contributed by atoms with E-state index in [-0.39, 0.29) is 38.1 Å². The minimum Gasteiger partial charge on any atom is -0.460 e. The molecular formula is C17H23FO3. The zero-order chi connectivity index (χ0) is 15.7. The summed E-state index contributed by atoms with van der Waals surface area (Å²) in [6.07, 6.45) is 1.06. The summed E-state index contributed by atoms with van der Waals surface area (Å²) in [5, 5.41) is 0. The van der Waals surface area contributed by atoms with Crippen LogP contribution < -0.4 is 0 Å². The van der Waals surface area contributed by atoms with Gasteiger partial charge in [0, 0.05) is 12.8 Å². The van der Waals surface area contributed by atoms with Crippen LogP contribution in [0.15, 0.2) is 30.3 Å². The molecule has 0 amide bonds. The Balaban J connectivity index is 0.00000106. The lowest BCUT2D eigenvalue weighted by atomic mass is 9.74. The molecule has 0 bridgehead atoms. The van der Waals surface area contributed by atoms with E-state index in [2.05, 4.69) is 0 Å². The number of hydrogen-bond acceptors (Lipinski definition) is 3. The summed E-state index contributed by atoms with van der Waals surface area (Å²) in [6, 6.07) is 9.28. The predicted molar refractivity (Wildman–Crippen MR) is 79.5 cm³/mol. The molecule has 2 rings (SSSR count). The van der Waals surface area contributed by atoms with E-state index >= 15 is 0 Å². The van der Waals surface area contributed by atoms with E-state index in [9.17, 15) is 14.0 Å². The molecule has 0 N–H and O–H groups in total. The van der Waals surface area contributed by atoms with Crippen molar-refractivity contribution in [1.29, 1.82) is 0 Å². The Hall–Kier alpha value is -1.71. The van der Waals surface area contributed by atoms with Crippen molar-refractivity contribution in [2.75, 3.05) is 6.67 Å². The fourth-order valence-corrected chi connectivity index (χ4v) is 2.28.